The first-order valence-corrected chi connectivity index (χ1v) is 9.34. The Labute approximate surface area is 172 Å². The van der Waals surface area contributed by atoms with Crippen molar-refractivity contribution in [1.29, 1.82) is 0 Å². The number of carbonyl (C=O) groups is 1. The van der Waals surface area contributed by atoms with E-state index in [-0.39, 0.29) is 5.91 Å². The molecule has 0 fully saturated rings. The standard InChI is InChI=1S/C24H16ClNO3/c25-19-11-8-16(9-12-19)10-13-23(27)26-20-6-3-5-17(14-20)21-15-18-4-1-2-7-22(18)29-24(21)28/h1-15H,(H,26,27)/b13-10+. The highest BCUT2D eigenvalue weighted by Crippen LogP contribution is 2.23. The van der Waals surface area contributed by atoms with Gasteiger partial charge in [-0.1, -0.05) is 54.1 Å². The number of fused-ring (bicyclic) bond motifs is 1. The molecule has 1 amide bonds. The lowest BCUT2D eigenvalue weighted by Crippen LogP contribution is -2.08. The molecule has 0 saturated carbocycles. The highest BCUT2D eigenvalue weighted by molar-refractivity contribution is 6.30. The quantitative estimate of drug-likeness (QED) is 0.349. The fourth-order valence-electron chi connectivity index (χ4n) is 2.96. The summed E-state index contributed by atoms with van der Waals surface area (Å²) < 4.78 is 5.40. The number of hydrogen-bond acceptors (Lipinski definition) is 3. The molecule has 4 nitrogen and oxygen atoms in total. The highest BCUT2D eigenvalue weighted by Gasteiger charge is 2.09. The summed E-state index contributed by atoms with van der Waals surface area (Å²) in [5.41, 5.74) is 2.68. The lowest BCUT2D eigenvalue weighted by atomic mass is 10.1. The Bertz CT molecular complexity index is 1270. The van der Waals surface area contributed by atoms with Gasteiger partial charge in [0, 0.05) is 22.2 Å². The van der Waals surface area contributed by atoms with Crippen LogP contribution in [0, 0.1) is 0 Å². The van der Waals surface area contributed by atoms with Gasteiger partial charge in [-0.05, 0) is 53.6 Å². The summed E-state index contributed by atoms with van der Waals surface area (Å²) in [6, 6.07) is 23.4. The Kier molecular flexibility index (Phi) is 5.27. The third-order valence-corrected chi connectivity index (χ3v) is 4.63. The van der Waals surface area contributed by atoms with Crippen molar-refractivity contribution in [2.75, 3.05) is 5.32 Å². The van der Waals surface area contributed by atoms with Crippen LogP contribution in [0.3, 0.4) is 0 Å². The van der Waals surface area contributed by atoms with Crippen molar-refractivity contribution < 1.29 is 9.21 Å². The summed E-state index contributed by atoms with van der Waals surface area (Å²) in [6.45, 7) is 0. The predicted octanol–water partition coefficient (Wildman–Crippen LogP) is 5.77. The van der Waals surface area contributed by atoms with Gasteiger partial charge in [0.25, 0.3) is 0 Å². The molecule has 0 aliphatic carbocycles. The smallest absolute Gasteiger partial charge is 0.344 e. The molecule has 1 aromatic heterocycles. The van der Waals surface area contributed by atoms with Crippen LogP contribution in [0.2, 0.25) is 5.02 Å². The van der Waals surface area contributed by atoms with Crippen molar-refractivity contribution in [2.45, 2.75) is 0 Å². The molecule has 0 aliphatic heterocycles. The summed E-state index contributed by atoms with van der Waals surface area (Å²) >= 11 is 5.86. The molecule has 4 rings (SSSR count). The second-order valence-corrected chi connectivity index (χ2v) is 6.88. The van der Waals surface area contributed by atoms with Crippen molar-refractivity contribution in [3.63, 3.8) is 0 Å². The molecule has 29 heavy (non-hydrogen) atoms. The third-order valence-electron chi connectivity index (χ3n) is 4.38. The van der Waals surface area contributed by atoms with E-state index in [1.807, 2.05) is 30.3 Å². The Morgan fingerprint density at radius 1 is 0.931 bits per heavy atom. The van der Waals surface area contributed by atoms with Crippen molar-refractivity contribution in [3.8, 4) is 11.1 Å². The fourth-order valence-corrected chi connectivity index (χ4v) is 3.08. The predicted molar refractivity (Wildman–Crippen MR) is 117 cm³/mol. The molecular weight excluding hydrogens is 386 g/mol. The van der Waals surface area contributed by atoms with E-state index < -0.39 is 5.63 Å². The van der Waals surface area contributed by atoms with E-state index in [0.29, 0.717) is 27.4 Å². The second kappa shape index (κ2) is 8.17. The van der Waals surface area contributed by atoms with Gasteiger partial charge in [0.1, 0.15) is 5.58 Å². The van der Waals surface area contributed by atoms with Crippen LogP contribution >= 0.6 is 11.6 Å². The molecule has 0 saturated heterocycles. The number of nitrogens with one attached hydrogen (secondary N) is 1. The zero-order valence-corrected chi connectivity index (χ0v) is 16.0. The number of carbonyl (C=O) groups excluding carboxylic acids is 1. The molecule has 1 heterocycles. The molecule has 142 valence electrons. The molecule has 5 heteroatoms. The van der Waals surface area contributed by atoms with Gasteiger partial charge in [0.05, 0.1) is 5.56 Å². The average Bonchev–Trinajstić information content (AvgIpc) is 2.73. The van der Waals surface area contributed by atoms with E-state index in [1.54, 1.807) is 54.6 Å². The highest BCUT2D eigenvalue weighted by atomic mass is 35.5. The Hall–Kier alpha value is -3.63. The van der Waals surface area contributed by atoms with Gasteiger partial charge in [-0.2, -0.15) is 0 Å². The molecule has 1 N–H and O–H groups in total. The van der Waals surface area contributed by atoms with Crippen LogP contribution in [-0.2, 0) is 4.79 Å². The van der Waals surface area contributed by atoms with Crippen LogP contribution in [0.15, 0.2) is 94.2 Å². The van der Waals surface area contributed by atoms with Crippen LogP contribution in [0.4, 0.5) is 5.69 Å². The van der Waals surface area contributed by atoms with Gasteiger partial charge in [-0.15, -0.1) is 0 Å². The molecule has 0 bridgehead atoms. The molecule has 0 atom stereocenters. The topological polar surface area (TPSA) is 59.3 Å². The van der Waals surface area contributed by atoms with E-state index in [0.717, 1.165) is 10.9 Å². The number of anilines is 1. The number of halogens is 1. The molecule has 0 spiro atoms. The minimum atomic E-state index is -0.421. The SMILES string of the molecule is O=C(/C=C/c1ccc(Cl)cc1)Nc1cccc(-c2cc3ccccc3oc2=O)c1. The van der Waals surface area contributed by atoms with Crippen molar-refractivity contribution in [2.24, 2.45) is 0 Å². The van der Waals surface area contributed by atoms with E-state index in [2.05, 4.69) is 5.32 Å². The summed E-state index contributed by atoms with van der Waals surface area (Å²) in [5, 5.41) is 4.28. The second-order valence-electron chi connectivity index (χ2n) is 6.44. The van der Waals surface area contributed by atoms with E-state index >= 15 is 0 Å². The van der Waals surface area contributed by atoms with Crippen LogP contribution in [0.1, 0.15) is 5.56 Å². The third kappa shape index (κ3) is 4.45. The molecular formula is C24H16ClNO3. The molecule has 0 unspecified atom stereocenters. The van der Waals surface area contributed by atoms with E-state index in [1.165, 1.54) is 6.08 Å². The van der Waals surface area contributed by atoms with Crippen LogP contribution in [-0.4, -0.2) is 5.91 Å². The number of hydrogen-bond donors (Lipinski definition) is 1. The fraction of sp³-hybridized carbons (Fsp3) is 0. The van der Waals surface area contributed by atoms with Crippen molar-refractivity contribution >= 4 is 40.2 Å². The van der Waals surface area contributed by atoms with Crippen molar-refractivity contribution in [3.05, 3.63) is 106 Å². The van der Waals surface area contributed by atoms with Gasteiger partial charge in [0.15, 0.2) is 0 Å². The molecule has 0 aliphatic rings. The zero-order valence-electron chi connectivity index (χ0n) is 15.3. The lowest BCUT2D eigenvalue weighted by molar-refractivity contribution is -0.111. The summed E-state index contributed by atoms with van der Waals surface area (Å²) in [5.74, 6) is -0.275. The van der Waals surface area contributed by atoms with Crippen LogP contribution in [0.5, 0.6) is 0 Å². The number of para-hydroxylation sites is 1. The minimum absolute atomic E-state index is 0.275. The number of rotatable bonds is 4. The zero-order chi connectivity index (χ0) is 20.2. The first-order valence-electron chi connectivity index (χ1n) is 8.96. The first kappa shape index (κ1) is 18.7. The Morgan fingerprint density at radius 2 is 1.72 bits per heavy atom. The molecule has 0 radical (unpaired) electrons. The summed E-state index contributed by atoms with van der Waals surface area (Å²) in [4.78, 5) is 24.6. The average molecular weight is 402 g/mol. The van der Waals surface area contributed by atoms with Gasteiger partial charge >= 0.3 is 5.63 Å². The maximum absolute atomic E-state index is 12.4. The van der Waals surface area contributed by atoms with Crippen molar-refractivity contribution in [1.82, 2.24) is 0 Å². The summed E-state index contributed by atoms with van der Waals surface area (Å²) in [6.07, 6.45) is 3.15. The van der Waals surface area contributed by atoms with Crippen LogP contribution in [0.25, 0.3) is 28.2 Å². The molecule has 3 aromatic carbocycles. The van der Waals surface area contributed by atoms with E-state index in [4.69, 9.17) is 16.0 Å². The number of benzene rings is 3. The number of amides is 1. The van der Waals surface area contributed by atoms with Gasteiger partial charge in [-0.3, -0.25) is 4.79 Å². The maximum atomic E-state index is 12.4. The molecule has 4 aromatic rings. The monoisotopic (exact) mass is 401 g/mol. The normalized spacial score (nSPS) is 11.1. The lowest BCUT2D eigenvalue weighted by Gasteiger charge is -2.06. The van der Waals surface area contributed by atoms with Gasteiger partial charge in [0.2, 0.25) is 5.91 Å². The maximum Gasteiger partial charge on any atom is 0.344 e. The Balaban J connectivity index is 1.56. The van der Waals surface area contributed by atoms with Crippen LogP contribution < -0.4 is 10.9 Å². The summed E-state index contributed by atoms with van der Waals surface area (Å²) in [7, 11) is 0. The van der Waals surface area contributed by atoms with Gasteiger partial charge in [-0.25, -0.2) is 4.79 Å². The largest absolute Gasteiger partial charge is 0.422 e. The van der Waals surface area contributed by atoms with E-state index in [9.17, 15) is 9.59 Å². The first-order chi connectivity index (χ1) is 14.1. The van der Waals surface area contributed by atoms with Gasteiger partial charge < -0.3 is 9.73 Å². The minimum Gasteiger partial charge on any atom is -0.422 e. The Morgan fingerprint density at radius 3 is 2.55 bits per heavy atom.